The Balaban J connectivity index is 0.00000220. The third kappa shape index (κ3) is 4.58. The Morgan fingerprint density at radius 2 is 1.86 bits per heavy atom. The SMILES string of the molecule is CC(C)(C)NC(=O)CN1C(C(=O)O)CC2CCCCC21.Cl. The van der Waals surface area contributed by atoms with E-state index in [1.807, 2.05) is 25.7 Å². The van der Waals surface area contributed by atoms with Crippen molar-refractivity contribution in [1.29, 1.82) is 0 Å². The summed E-state index contributed by atoms with van der Waals surface area (Å²) < 4.78 is 0. The fourth-order valence-electron chi connectivity index (χ4n) is 3.65. The quantitative estimate of drug-likeness (QED) is 0.835. The molecule has 0 aromatic rings. The second-order valence-corrected chi connectivity index (χ2v) is 7.17. The summed E-state index contributed by atoms with van der Waals surface area (Å²) in [6.07, 6.45) is 5.16. The van der Waals surface area contributed by atoms with Gasteiger partial charge in [0, 0.05) is 11.6 Å². The summed E-state index contributed by atoms with van der Waals surface area (Å²) in [6.45, 7) is 6.02. The molecule has 0 aromatic carbocycles. The summed E-state index contributed by atoms with van der Waals surface area (Å²) >= 11 is 0. The fraction of sp³-hybridized carbons (Fsp3) is 0.867. The molecule has 1 aliphatic carbocycles. The van der Waals surface area contributed by atoms with Crippen LogP contribution in [-0.4, -0.2) is 46.1 Å². The molecule has 1 aliphatic heterocycles. The normalized spacial score (nSPS) is 29.4. The number of fused-ring (bicyclic) bond motifs is 1. The first kappa shape index (κ1) is 18.2. The number of amides is 1. The molecule has 21 heavy (non-hydrogen) atoms. The Morgan fingerprint density at radius 3 is 2.43 bits per heavy atom. The number of hydrogen-bond donors (Lipinski definition) is 2. The second-order valence-electron chi connectivity index (χ2n) is 7.17. The molecular formula is C15H27ClN2O3. The second kappa shape index (κ2) is 6.97. The zero-order valence-corrected chi connectivity index (χ0v) is 13.9. The lowest BCUT2D eigenvalue weighted by molar-refractivity contribution is -0.143. The van der Waals surface area contributed by atoms with Crippen LogP contribution in [0.15, 0.2) is 0 Å². The van der Waals surface area contributed by atoms with Gasteiger partial charge < -0.3 is 10.4 Å². The predicted molar refractivity (Wildman–Crippen MR) is 83.6 cm³/mol. The molecule has 6 heteroatoms. The van der Waals surface area contributed by atoms with E-state index < -0.39 is 12.0 Å². The van der Waals surface area contributed by atoms with Gasteiger partial charge in [0.15, 0.2) is 0 Å². The molecule has 2 fully saturated rings. The van der Waals surface area contributed by atoms with Crippen molar-refractivity contribution < 1.29 is 14.7 Å². The zero-order valence-electron chi connectivity index (χ0n) is 13.1. The van der Waals surface area contributed by atoms with E-state index in [1.54, 1.807) is 0 Å². The van der Waals surface area contributed by atoms with Gasteiger partial charge in [-0.1, -0.05) is 12.8 Å². The maximum atomic E-state index is 12.1. The monoisotopic (exact) mass is 318 g/mol. The van der Waals surface area contributed by atoms with E-state index in [-0.39, 0.29) is 36.4 Å². The van der Waals surface area contributed by atoms with E-state index in [4.69, 9.17) is 0 Å². The molecule has 2 N–H and O–H groups in total. The van der Waals surface area contributed by atoms with E-state index in [1.165, 1.54) is 6.42 Å². The van der Waals surface area contributed by atoms with Gasteiger partial charge in [-0.2, -0.15) is 0 Å². The molecule has 0 spiro atoms. The molecule has 3 atom stereocenters. The van der Waals surface area contributed by atoms with Crippen LogP contribution in [0.2, 0.25) is 0 Å². The highest BCUT2D eigenvalue weighted by molar-refractivity contribution is 5.85. The van der Waals surface area contributed by atoms with Crippen molar-refractivity contribution in [2.24, 2.45) is 5.92 Å². The van der Waals surface area contributed by atoms with Gasteiger partial charge in [-0.3, -0.25) is 14.5 Å². The molecule has 0 bridgehead atoms. The Bertz CT molecular complexity index is 395. The molecule has 0 aromatic heterocycles. The Morgan fingerprint density at radius 1 is 1.24 bits per heavy atom. The summed E-state index contributed by atoms with van der Waals surface area (Å²) in [7, 11) is 0. The smallest absolute Gasteiger partial charge is 0.320 e. The average molecular weight is 319 g/mol. The zero-order chi connectivity index (χ0) is 14.9. The number of aliphatic carboxylic acids is 1. The number of carbonyl (C=O) groups excluding carboxylic acids is 1. The predicted octanol–water partition coefficient (Wildman–Crippen LogP) is 2.04. The van der Waals surface area contributed by atoms with Crippen molar-refractivity contribution in [2.45, 2.75) is 70.5 Å². The number of nitrogens with one attached hydrogen (secondary N) is 1. The van der Waals surface area contributed by atoms with Crippen LogP contribution >= 0.6 is 12.4 Å². The Hall–Kier alpha value is -0.810. The molecule has 3 unspecified atom stereocenters. The lowest BCUT2D eigenvalue weighted by atomic mass is 9.85. The van der Waals surface area contributed by atoms with Gasteiger partial charge in [0.05, 0.1) is 6.54 Å². The largest absolute Gasteiger partial charge is 0.480 e. The number of likely N-dealkylation sites (tertiary alicyclic amines) is 1. The van der Waals surface area contributed by atoms with Gasteiger partial charge in [0.1, 0.15) is 6.04 Å². The van der Waals surface area contributed by atoms with Gasteiger partial charge >= 0.3 is 5.97 Å². The minimum Gasteiger partial charge on any atom is -0.480 e. The van der Waals surface area contributed by atoms with Crippen molar-refractivity contribution in [2.75, 3.05) is 6.54 Å². The summed E-state index contributed by atoms with van der Waals surface area (Å²) in [5, 5.41) is 12.3. The first-order valence-corrected chi connectivity index (χ1v) is 7.57. The number of carbonyl (C=O) groups is 2. The molecule has 1 saturated carbocycles. The highest BCUT2D eigenvalue weighted by Crippen LogP contribution is 2.39. The van der Waals surface area contributed by atoms with Crippen LogP contribution in [0.5, 0.6) is 0 Å². The standard InChI is InChI=1S/C15H26N2O3.ClH/c1-15(2,3)16-13(18)9-17-11-7-5-4-6-10(11)8-12(17)14(19)20;/h10-12H,4-9H2,1-3H3,(H,16,18)(H,19,20);1H. The fourth-order valence-corrected chi connectivity index (χ4v) is 3.65. The third-order valence-electron chi connectivity index (χ3n) is 4.35. The summed E-state index contributed by atoms with van der Waals surface area (Å²) in [6, 6.07) is -0.218. The van der Waals surface area contributed by atoms with Gasteiger partial charge in [0.25, 0.3) is 0 Å². The first-order chi connectivity index (χ1) is 9.28. The van der Waals surface area contributed by atoms with Gasteiger partial charge in [0.2, 0.25) is 5.91 Å². The van der Waals surface area contributed by atoms with Crippen LogP contribution in [-0.2, 0) is 9.59 Å². The van der Waals surface area contributed by atoms with Crippen LogP contribution in [0.4, 0.5) is 0 Å². The van der Waals surface area contributed by atoms with E-state index in [0.29, 0.717) is 12.3 Å². The van der Waals surface area contributed by atoms with E-state index in [9.17, 15) is 14.7 Å². The van der Waals surface area contributed by atoms with Gasteiger partial charge in [-0.25, -0.2) is 0 Å². The minimum absolute atomic E-state index is 0. The maximum absolute atomic E-state index is 12.1. The topological polar surface area (TPSA) is 69.6 Å². The average Bonchev–Trinajstić information content (AvgIpc) is 2.66. The number of hydrogen-bond acceptors (Lipinski definition) is 3. The lowest BCUT2D eigenvalue weighted by Gasteiger charge is -2.33. The molecular weight excluding hydrogens is 292 g/mol. The number of halogens is 1. The van der Waals surface area contributed by atoms with Crippen LogP contribution in [0, 0.1) is 5.92 Å². The summed E-state index contributed by atoms with van der Waals surface area (Å²) in [4.78, 5) is 25.5. The van der Waals surface area contributed by atoms with Crippen molar-refractivity contribution in [3.05, 3.63) is 0 Å². The first-order valence-electron chi connectivity index (χ1n) is 7.57. The van der Waals surface area contributed by atoms with Crippen molar-refractivity contribution in [3.8, 4) is 0 Å². The van der Waals surface area contributed by atoms with Crippen molar-refractivity contribution in [3.63, 3.8) is 0 Å². The molecule has 1 amide bonds. The number of carboxylic acid groups (broad SMARTS) is 1. The van der Waals surface area contributed by atoms with E-state index in [2.05, 4.69) is 5.32 Å². The lowest BCUT2D eigenvalue weighted by Crippen LogP contribution is -2.51. The highest BCUT2D eigenvalue weighted by Gasteiger charge is 2.45. The molecule has 122 valence electrons. The van der Waals surface area contributed by atoms with Gasteiger partial charge in [-0.05, 0) is 46.0 Å². The van der Waals surface area contributed by atoms with Crippen LogP contribution in [0.3, 0.4) is 0 Å². The van der Waals surface area contributed by atoms with Crippen LogP contribution in [0.25, 0.3) is 0 Å². The summed E-state index contributed by atoms with van der Waals surface area (Å²) in [5.74, 6) is -0.412. The number of carboxylic acids is 1. The Labute approximate surface area is 132 Å². The van der Waals surface area contributed by atoms with Crippen LogP contribution in [0.1, 0.15) is 52.9 Å². The maximum Gasteiger partial charge on any atom is 0.320 e. The minimum atomic E-state index is -0.789. The molecule has 1 heterocycles. The van der Waals surface area contributed by atoms with E-state index >= 15 is 0 Å². The number of nitrogens with zero attached hydrogens (tertiary/aromatic N) is 1. The molecule has 2 rings (SSSR count). The van der Waals surface area contributed by atoms with Gasteiger partial charge in [-0.15, -0.1) is 12.4 Å². The molecule has 0 radical (unpaired) electrons. The molecule has 5 nitrogen and oxygen atoms in total. The summed E-state index contributed by atoms with van der Waals surface area (Å²) in [5.41, 5.74) is -0.276. The Kier molecular flexibility index (Phi) is 6.05. The molecule has 2 aliphatic rings. The third-order valence-corrected chi connectivity index (χ3v) is 4.35. The van der Waals surface area contributed by atoms with E-state index in [0.717, 1.165) is 19.3 Å². The number of rotatable bonds is 3. The van der Waals surface area contributed by atoms with Crippen molar-refractivity contribution >= 4 is 24.3 Å². The highest BCUT2D eigenvalue weighted by atomic mass is 35.5. The van der Waals surface area contributed by atoms with Crippen molar-refractivity contribution in [1.82, 2.24) is 10.2 Å². The molecule has 1 saturated heterocycles. The van der Waals surface area contributed by atoms with Crippen LogP contribution < -0.4 is 5.32 Å².